The van der Waals surface area contributed by atoms with Crippen LogP contribution in [0.5, 0.6) is 0 Å². The van der Waals surface area contributed by atoms with Gasteiger partial charge in [0.1, 0.15) is 0 Å². The van der Waals surface area contributed by atoms with Gasteiger partial charge < -0.3 is 0 Å². The molecule has 0 fully saturated rings. The molecule has 0 amide bonds. The lowest BCUT2D eigenvalue weighted by Gasteiger charge is -2.20. The van der Waals surface area contributed by atoms with Crippen molar-refractivity contribution in [2.45, 2.75) is 59.8 Å². The molecule has 0 aromatic heterocycles. The van der Waals surface area contributed by atoms with Gasteiger partial charge in [-0.05, 0) is 69.4 Å². The number of hydrogen-bond acceptors (Lipinski definition) is 0. The molecule has 0 aromatic carbocycles. The molecule has 0 aromatic rings. The summed E-state index contributed by atoms with van der Waals surface area (Å²) >= 11 is 0. The molecule has 1 aliphatic heterocycles. The molecule has 3 unspecified atom stereocenters. The predicted octanol–water partition coefficient (Wildman–Crippen LogP) is 7.58. The molecule has 1 heterocycles. The third kappa shape index (κ3) is 8.23. The highest BCUT2D eigenvalue weighted by atomic mass is 31.1. The van der Waals surface area contributed by atoms with E-state index in [0.717, 1.165) is 34.3 Å². The Balaban J connectivity index is 3.06. The summed E-state index contributed by atoms with van der Waals surface area (Å²) in [6.45, 7) is 12.4. The van der Waals surface area contributed by atoms with Gasteiger partial charge in [-0.25, -0.2) is 0 Å². The first-order valence-electron chi connectivity index (χ1n) is 9.78. The summed E-state index contributed by atoms with van der Waals surface area (Å²) in [5, 5.41) is 1.60. The summed E-state index contributed by atoms with van der Waals surface area (Å²) in [6.07, 6.45) is 24.1. The van der Waals surface area contributed by atoms with Crippen LogP contribution in [0, 0.1) is 24.2 Å². The van der Waals surface area contributed by atoms with Crippen molar-refractivity contribution in [2.24, 2.45) is 11.8 Å². The molecule has 0 bridgehead atoms. The lowest BCUT2D eigenvalue weighted by Crippen LogP contribution is -2.08. The zero-order valence-electron chi connectivity index (χ0n) is 17.1. The smallest absolute Gasteiger partial charge is 0.0595 e. The molecule has 0 saturated heterocycles. The van der Waals surface area contributed by atoms with Crippen molar-refractivity contribution in [2.75, 3.05) is 6.16 Å². The summed E-state index contributed by atoms with van der Waals surface area (Å²) in [4.78, 5) is 0. The summed E-state index contributed by atoms with van der Waals surface area (Å²) < 4.78 is 0. The minimum atomic E-state index is 0.0820. The lowest BCUT2D eigenvalue weighted by molar-refractivity contribution is 0.490. The molecule has 3 atom stereocenters. The number of rotatable bonds is 10. The van der Waals surface area contributed by atoms with Crippen LogP contribution in [-0.4, -0.2) is 6.16 Å². The summed E-state index contributed by atoms with van der Waals surface area (Å²) in [6, 6.07) is 0. The minimum Gasteiger partial charge on any atom is -0.130 e. The van der Waals surface area contributed by atoms with Crippen molar-refractivity contribution >= 4 is 8.58 Å². The van der Waals surface area contributed by atoms with Crippen molar-refractivity contribution in [3.63, 3.8) is 0 Å². The lowest BCUT2D eigenvalue weighted by atomic mass is 9.84. The average Bonchev–Trinajstić information content (AvgIpc) is 3.15. The van der Waals surface area contributed by atoms with Gasteiger partial charge in [0.25, 0.3) is 0 Å². The van der Waals surface area contributed by atoms with Crippen molar-refractivity contribution in [1.82, 2.24) is 0 Å². The number of allylic oxidation sites excluding steroid dienone is 9. The van der Waals surface area contributed by atoms with Crippen molar-refractivity contribution in [1.29, 1.82) is 0 Å². The molecular formula is C25H35P. The predicted molar refractivity (Wildman–Crippen MR) is 121 cm³/mol. The molecule has 0 radical (unpaired) electrons. The maximum Gasteiger partial charge on any atom is 0.0595 e. The van der Waals surface area contributed by atoms with Gasteiger partial charge in [-0.1, -0.05) is 76.0 Å². The molecule has 0 N–H and O–H groups in total. The van der Waals surface area contributed by atoms with Gasteiger partial charge in [-0.15, -0.1) is 12.2 Å². The third-order valence-electron chi connectivity index (χ3n) is 4.91. The number of terminal acetylenes is 1. The topological polar surface area (TPSA) is 0 Å². The van der Waals surface area contributed by atoms with Crippen LogP contribution in [0.4, 0.5) is 0 Å². The van der Waals surface area contributed by atoms with E-state index < -0.39 is 0 Å². The van der Waals surface area contributed by atoms with Crippen molar-refractivity contribution in [3.8, 4) is 12.3 Å². The second-order valence-corrected chi connectivity index (χ2v) is 8.62. The third-order valence-corrected chi connectivity index (χ3v) is 6.31. The number of hydrogen-bond donors (Lipinski definition) is 0. The monoisotopic (exact) mass is 366 g/mol. The zero-order valence-corrected chi connectivity index (χ0v) is 18.1. The van der Waals surface area contributed by atoms with Crippen LogP contribution in [0.1, 0.15) is 59.8 Å². The van der Waals surface area contributed by atoms with Crippen LogP contribution in [0.2, 0.25) is 0 Å². The van der Waals surface area contributed by atoms with Crippen molar-refractivity contribution in [3.05, 3.63) is 64.7 Å². The second-order valence-electron chi connectivity index (χ2n) is 7.12. The Hall–Kier alpha value is -1.53. The first-order chi connectivity index (χ1) is 12.5. The van der Waals surface area contributed by atoms with Gasteiger partial charge in [0.15, 0.2) is 0 Å². The van der Waals surface area contributed by atoms with Crippen LogP contribution in [0.3, 0.4) is 0 Å². The van der Waals surface area contributed by atoms with E-state index in [1.54, 1.807) is 5.31 Å². The van der Waals surface area contributed by atoms with Crippen LogP contribution in [0.25, 0.3) is 0 Å². The van der Waals surface area contributed by atoms with E-state index in [0.29, 0.717) is 5.92 Å². The Labute approximate surface area is 163 Å². The molecule has 1 aliphatic rings. The Morgan fingerprint density at radius 1 is 1.38 bits per heavy atom. The van der Waals surface area contributed by atoms with Gasteiger partial charge in [0.2, 0.25) is 0 Å². The van der Waals surface area contributed by atoms with E-state index in [2.05, 4.69) is 69.4 Å². The molecule has 1 rings (SSSR count). The summed E-state index contributed by atoms with van der Waals surface area (Å²) in [7, 11) is 0.998. The molecule has 0 nitrogen and oxygen atoms in total. The van der Waals surface area contributed by atoms with E-state index in [4.69, 9.17) is 6.42 Å². The summed E-state index contributed by atoms with van der Waals surface area (Å²) in [5.74, 6) is 3.71. The molecule has 0 aliphatic carbocycles. The summed E-state index contributed by atoms with van der Waals surface area (Å²) in [5.41, 5.74) is 6.93. The molecule has 0 saturated carbocycles. The highest BCUT2D eigenvalue weighted by molar-refractivity contribution is 7.43. The minimum absolute atomic E-state index is 0.0820. The van der Waals surface area contributed by atoms with Gasteiger partial charge in [-0.3, -0.25) is 0 Å². The fourth-order valence-corrected chi connectivity index (χ4v) is 4.47. The second kappa shape index (κ2) is 12.8. The zero-order chi connectivity index (χ0) is 19.4. The van der Waals surface area contributed by atoms with Crippen LogP contribution >= 0.6 is 8.58 Å². The fraction of sp³-hybridized carbons (Fsp3) is 0.480. The van der Waals surface area contributed by atoms with Crippen LogP contribution < -0.4 is 0 Å². The molecule has 26 heavy (non-hydrogen) atoms. The van der Waals surface area contributed by atoms with Gasteiger partial charge in [0, 0.05) is 0 Å². The first kappa shape index (κ1) is 22.5. The Morgan fingerprint density at radius 2 is 2.15 bits per heavy atom. The molecule has 140 valence electrons. The Kier molecular flexibility index (Phi) is 11.1. The fourth-order valence-electron chi connectivity index (χ4n) is 3.33. The molecule has 1 heteroatoms. The first-order valence-corrected chi connectivity index (χ1v) is 11.0. The maximum atomic E-state index is 5.95. The quantitative estimate of drug-likeness (QED) is 0.123. The Morgan fingerprint density at radius 3 is 2.69 bits per heavy atom. The van der Waals surface area contributed by atoms with Crippen LogP contribution in [-0.2, 0) is 0 Å². The van der Waals surface area contributed by atoms with Gasteiger partial charge in [0.05, 0.1) is 5.92 Å². The largest absolute Gasteiger partial charge is 0.130 e. The van der Waals surface area contributed by atoms with E-state index >= 15 is 0 Å². The SMILES string of the molecule is C#CC(/C=C(C)\C=C/C)/C(=C/CC1=CCCP1)CC(CC)CC(C)=C=C. The van der Waals surface area contributed by atoms with E-state index in [-0.39, 0.29) is 5.92 Å². The average molecular weight is 367 g/mol. The van der Waals surface area contributed by atoms with Crippen LogP contribution in [0.15, 0.2) is 64.7 Å². The van der Waals surface area contributed by atoms with E-state index in [1.165, 1.54) is 29.3 Å². The highest BCUT2D eigenvalue weighted by Crippen LogP contribution is 2.36. The normalized spacial score (nSPS) is 18.5. The molecular weight excluding hydrogens is 331 g/mol. The van der Waals surface area contributed by atoms with Gasteiger partial charge >= 0.3 is 0 Å². The maximum absolute atomic E-state index is 5.95. The van der Waals surface area contributed by atoms with Gasteiger partial charge in [-0.2, -0.15) is 0 Å². The molecule has 0 spiro atoms. The van der Waals surface area contributed by atoms with Crippen molar-refractivity contribution < 1.29 is 0 Å². The standard InChI is InChI=1S/C25H35P/c1-7-12-21(6)18-23(10-4)24(14-15-25-13-11-16-26-25)19-22(9-3)17-20(5)8-2/h4,7,12-14,18,22-23,26H,2,9,11,15-17,19H2,1,3,5-6H3/b12-7-,21-18-,24-14+. The highest BCUT2D eigenvalue weighted by Gasteiger charge is 2.16. The van der Waals surface area contributed by atoms with E-state index in [1.807, 2.05) is 6.92 Å². The van der Waals surface area contributed by atoms with E-state index in [9.17, 15) is 0 Å². The Bertz CT molecular complexity index is 657.